The zero-order chi connectivity index (χ0) is 62.1. The fourth-order valence-electron chi connectivity index (χ4n) is 9.90. The Balaban J connectivity index is 0.000000140. The molecule has 0 aromatic heterocycles. The zero-order valence-corrected chi connectivity index (χ0v) is 52.5. The summed E-state index contributed by atoms with van der Waals surface area (Å²) in [6, 6.07) is 100. The monoisotopic (exact) mass is 1360 g/mol. The SMILES string of the molecule is Fc1cc(-c2ccccc2)cc(-c2ccccc2)c1N(c1ccccc1)c1ccc(Br)cc1.Fc1cc(-c2ccccc2)cc(-c2ccccc2)c1Nc1ccccc1.Nc1c(F)cc(-c2ccccc2)cc1-c1ccccc1.Nc1c(F)cc(Br)cc1Br. The number of benzene rings is 13. The van der Waals surface area contributed by atoms with Crippen LogP contribution in [0, 0.1) is 23.3 Å². The molecule has 0 aliphatic rings. The van der Waals surface area contributed by atoms with E-state index in [1.807, 2.05) is 284 Å². The fourth-order valence-corrected chi connectivity index (χ4v) is 11.3. The van der Waals surface area contributed by atoms with E-state index in [1.54, 1.807) is 18.2 Å². The van der Waals surface area contributed by atoms with Gasteiger partial charge in [-0.2, -0.15) is 0 Å². The van der Waals surface area contributed by atoms with Crippen LogP contribution < -0.4 is 21.7 Å². The summed E-state index contributed by atoms with van der Waals surface area (Å²) in [6.07, 6.45) is 0. The van der Waals surface area contributed by atoms with Gasteiger partial charge in [-0.05, 0) is 163 Å². The van der Waals surface area contributed by atoms with Crippen LogP contribution in [-0.2, 0) is 0 Å². The van der Waals surface area contributed by atoms with Gasteiger partial charge in [-0.25, -0.2) is 17.6 Å². The van der Waals surface area contributed by atoms with Crippen molar-refractivity contribution in [3.05, 3.63) is 352 Å². The Labute approximate surface area is 541 Å². The summed E-state index contributed by atoms with van der Waals surface area (Å²) in [6.45, 7) is 0. The maximum absolute atomic E-state index is 16.1. The molecular formula is C78H57Br3F4N4. The van der Waals surface area contributed by atoms with Gasteiger partial charge in [0.15, 0.2) is 0 Å². The Hall–Kier alpha value is -9.78. The topological polar surface area (TPSA) is 67.3 Å². The normalized spacial score (nSPS) is 10.5. The highest BCUT2D eigenvalue weighted by Gasteiger charge is 2.23. The summed E-state index contributed by atoms with van der Waals surface area (Å²) >= 11 is 9.74. The second kappa shape index (κ2) is 30.2. The molecule has 13 rings (SSSR count). The molecule has 0 fully saturated rings. The lowest BCUT2D eigenvalue weighted by molar-refractivity contribution is 0.629. The first-order valence-electron chi connectivity index (χ1n) is 28.3. The first kappa shape index (κ1) is 62.3. The van der Waals surface area contributed by atoms with Crippen LogP contribution in [0.15, 0.2) is 329 Å². The summed E-state index contributed by atoms with van der Waals surface area (Å²) < 4.78 is 60.2. The lowest BCUT2D eigenvalue weighted by Gasteiger charge is -2.29. The number of halogens is 7. The molecule has 438 valence electrons. The predicted molar refractivity (Wildman–Crippen MR) is 375 cm³/mol. The van der Waals surface area contributed by atoms with Gasteiger partial charge in [0.25, 0.3) is 0 Å². The Morgan fingerprint density at radius 2 is 0.629 bits per heavy atom. The Morgan fingerprint density at radius 1 is 0.281 bits per heavy atom. The first-order valence-corrected chi connectivity index (χ1v) is 30.7. The van der Waals surface area contributed by atoms with Crippen molar-refractivity contribution in [3.63, 3.8) is 0 Å². The van der Waals surface area contributed by atoms with Crippen molar-refractivity contribution in [2.45, 2.75) is 0 Å². The lowest BCUT2D eigenvalue weighted by Crippen LogP contribution is -2.13. The minimum absolute atomic E-state index is 0.142. The van der Waals surface area contributed by atoms with Gasteiger partial charge in [0, 0.05) is 47.2 Å². The van der Waals surface area contributed by atoms with Crippen molar-refractivity contribution in [2.75, 3.05) is 21.7 Å². The Bertz CT molecular complexity index is 4380. The third kappa shape index (κ3) is 16.1. The molecule has 13 aromatic carbocycles. The highest BCUT2D eigenvalue weighted by Crippen LogP contribution is 2.45. The molecule has 4 nitrogen and oxygen atoms in total. The third-order valence-corrected chi connectivity index (χ3v) is 15.9. The second-order valence-electron chi connectivity index (χ2n) is 20.3. The molecule has 0 bridgehead atoms. The highest BCUT2D eigenvalue weighted by molar-refractivity contribution is 9.11. The minimum atomic E-state index is -0.416. The largest absolute Gasteiger partial charge is 0.396 e. The van der Waals surface area contributed by atoms with Gasteiger partial charge in [-0.15, -0.1) is 0 Å². The Morgan fingerprint density at radius 3 is 1.09 bits per heavy atom. The standard InChI is InChI=1S/C30H21BrFN.C24H18FN.C18H14FN.C6H4Br2FN/c31-25-16-18-27(19-17-25)33(26-14-8-3-9-15-26)30-28(23-12-6-2-7-13-23)20-24(21-29(30)32)22-10-4-1-5-11-22;25-23-17-20(18-10-4-1-5-11-18)16-22(19-12-6-2-7-13-19)24(23)26-21-14-8-3-9-15-21;19-17-12-15(13-7-3-1-4-8-13)11-16(18(17)20)14-9-5-2-6-10-14;7-3-1-4(8)6(10)5(9)2-3/h1-21H;1-17,26H;1-12H,20H2;1-2H,10H2. The number of nitrogen functional groups attached to an aromatic ring is 2. The van der Waals surface area contributed by atoms with Crippen LogP contribution in [0.2, 0.25) is 0 Å². The molecule has 0 spiro atoms. The maximum atomic E-state index is 16.1. The van der Waals surface area contributed by atoms with E-state index in [0.29, 0.717) is 20.3 Å². The second-order valence-corrected chi connectivity index (χ2v) is 23.0. The van der Waals surface area contributed by atoms with E-state index in [4.69, 9.17) is 11.5 Å². The van der Waals surface area contributed by atoms with Gasteiger partial charge in [-0.3, -0.25) is 0 Å². The molecule has 0 unspecified atom stereocenters. The molecule has 11 heteroatoms. The Kier molecular flexibility index (Phi) is 21.2. The van der Waals surface area contributed by atoms with Crippen LogP contribution in [0.5, 0.6) is 0 Å². The maximum Gasteiger partial charge on any atom is 0.148 e. The molecule has 5 N–H and O–H groups in total. The molecule has 0 radical (unpaired) electrons. The molecule has 0 heterocycles. The van der Waals surface area contributed by atoms with E-state index >= 15 is 8.78 Å². The number of anilines is 7. The first-order chi connectivity index (χ1) is 43.4. The van der Waals surface area contributed by atoms with Gasteiger partial charge in [0.1, 0.15) is 23.3 Å². The molecule has 0 aliphatic heterocycles. The molecular weight excluding hydrogens is 1310 g/mol. The van der Waals surface area contributed by atoms with Gasteiger partial charge in [0.05, 0.1) is 22.7 Å². The molecule has 0 amide bonds. The van der Waals surface area contributed by atoms with E-state index < -0.39 is 5.82 Å². The van der Waals surface area contributed by atoms with Gasteiger partial charge < -0.3 is 21.7 Å². The van der Waals surface area contributed by atoms with Crippen molar-refractivity contribution < 1.29 is 17.6 Å². The zero-order valence-electron chi connectivity index (χ0n) is 47.8. The lowest BCUT2D eigenvalue weighted by atomic mass is 9.95. The van der Waals surface area contributed by atoms with E-state index in [1.165, 1.54) is 12.1 Å². The van der Waals surface area contributed by atoms with E-state index in [9.17, 15) is 8.78 Å². The number of nitrogens with zero attached hydrogens (tertiary/aromatic N) is 1. The fraction of sp³-hybridized carbons (Fsp3) is 0. The summed E-state index contributed by atoms with van der Waals surface area (Å²) in [5.74, 6) is -1.34. The van der Waals surface area contributed by atoms with Crippen LogP contribution in [0.25, 0.3) is 66.8 Å². The average Bonchev–Trinajstić information content (AvgIpc) is 1.42. The van der Waals surface area contributed by atoms with Crippen LogP contribution >= 0.6 is 47.8 Å². The molecule has 0 atom stereocenters. The number of para-hydroxylation sites is 2. The van der Waals surface area contributed by atoms with Crippen molar-refractivity contribution in [1.29, 1.82) is 0 Å². The number of hydrogen-bond acceptors (Lipinski definition) is 4. The van der Waals surface area contributed by atoms with E-state index in [2.05, 4.69) is 59.2 Å². The van der Waals surface area contributed by atoms with E-state index in [0.717, 1.165) is 88.3 Å². The molecule has 0 aliphatic carbocycles. The summed E-state index contributed by atoms with van der Waals surface area (Å²) in [4.78, 5) is 1.98. The summed E-state index contributed by atoms with van der Waals surface area (Å²) in [5, 5.41) is 3.24. The van der Waals surface area contributed by atoms with Gasteiger partial charge in [-0.1, -0.05) is 250 Å². The van der Waals surface area contributed by atoms with Crippen molar-refractivity contribution in [2.24, 2.45) is 0 Å². The van der Waals surface area contributed by atoms with Gasteiger partial charge >= 0.3 is 0 Å². The van der Waals surface area contributed by atoms with Crippen molar-refractivity contribution in [3.8, 4) is 66.8 Å². The van der Waals surface area contributed by atoms with Crippen LogP contribution in [0.1, 0.15) is 0 Å². The third-order valence-electron chi connectivity index (χ3n) is 14.3. The molecule has 0 saturated carbocycles. The number of nitrogens with one attached hydrogen (secondary N) is 1. The summed E-state index contributed by atoms with van der Waals surface area (Å²) in [7, 11) is 0. The van der Waals surface area contributed by atoms with Crippen LogP contribution in [0.4, 0.5) is 57.4 Å². The summed E-state index contributed by atoms with van der Waals surface area (Å²) in [5.41, 5.74) is 25.9. The highest BCUT2D eigenvalue weighted by atomic mass is 79.9. The molecule has 13 aromatic rings. The van der Waals surface area contributed by atoms with E-state index in [-0.39, 0.29) is 28.8 Å². The van der Waals surface area contributed by atoms with Crippen molar-refractivity contribution in [1.82, 2.24) is 0 Å². The van der Waals surface area contributed by atoms with Crippen molar-refractivity contribution >= 4 is 87.6 Å². The number of hydrogen-bond donors (Lipinski definition) is 3. The smallest absolute Gasteiger partial charge is 0.148 e. The number of rotatable bonds is 11. The molecule has 89 heavy (non-hydrogen) atoms. The molecule has 0 saturated heterocycles. The predicted octanol–water partition coefficient (Wildman–Crippen LogP) is 24.0. The average molecular weight is 1370 g/mol. The van der Waals surface area contributed by atoms with Crippen LogP contribution in [0.3, 0.4) is 0 Å². The number of nitrogens with two attached hydrogens (primary N) is 2. The quantitative estimate of drug-likeness (QED) is 0.0892. The minimum Gasteiger partial charge on any atom is -0.396 e. The van der Waals surface area contributed by atoms with Gasteiger partial charge in [0.2, 0.25) is 0 Å². The van der Waals surface area contributed by atoms with Crippen LogP contribution in [-0.4, -0.2) is 0 Å².